The molecular weight excluding hydrogens is 358 g/mol. The number of likely N-dealkylation sites (N-methyl/N-ethyl adjacent to an activating group) is 1. The lowest BCUT2D eigenvalue weighted by Gasteiger charge is -2.44. The fraction of sp³-hybridized carbons (Fsp3) is 0.667. The number of fused-ring (bicyclic) bond motifs is 1. The molecule has 4 atom stereocenters. The van der Waals surface area contributed by atoms with Crippen LogP contribution < -0.4 is 0 Å². The second kappa shape index (κ2) is 8.11. The average Bonchev–Trinajstić information content (AvgIpc) is 3.10. The standard InChI is InChI=1S/C21H31N3O2S/c1-22-7-9-23(10-8-22)19-11-16-13-24(14-17(16)12-20(19)25)21(26)15-3-5-18(27-2)6-4-15/h3-6,16-17,19-20,25H,7-14H2,1-2H3/t16-,17+,19-,20-/m1/s1. The van der Waals surface area contributed by atoms with Crippen LogP contribution in [0.3, 0.4) is 0 Å². The molecule has 1 aliphatic carbocycles. The summed E-state index contributed by atoms with van der Waals surface area (Å²) in [4.78, 5) is 21.0. The topological polar surface area (TPSA) is 47.0 Å². The number of nitrogens with zero attached hydrogens (tertiary/aromatic N) is 3. The van der Waals surface area contributed by atoms with E-state index in [4.69, 9.17) is 0 Å². The zero-order valence-electron chi connectivity index (χ0n) is 16.4. The molecule has 3 aliphatic rings. The summed E-state index contributed by atoms with van der Waals surface area (Å²) < 4.78 is 0. The number of hydrogen-bond donors (Lipinski definition) is 1. The molecule has 2 heterocycles. The Morgan fingerprint density at radius 3 is 2.30 bits per heavy atom. The lowest BCUT2D eigenvalue weighted by Crippen LogP contribution is -2.55. The number of thioether (sulfide) groups is 1. The molecule has 1 aromatic rings. The Kier molecular flexibility index (Phi) is 5.78. The summed E-state index contributed by atoms with van der Waals surface area (Å²) in [6, 6.07) is 8.19. The van der Waals surface area contributed by atoms with Crippen molar-refractivity contribution < 1.29 is 9.90 Å². The van der Waals surface area contributed by atoms with Crippen molar-refractivity contribution in [1.82, 2.24) is 14.7 Å². The molecule has 0 bridgehead atoms. The van der Waals surface area contributed by atoms with E-state index in [1.807, 2.05) is 35.4 Å². The molecule has 6 heteroatoms. The summed E-state index contributed by atoms with van der Waals surface area (Å²) in [5, 5.41) is 10.8. The van der Waals surface area contributed by atoms with E-state index in [9.17, 15) is 9.90 Å². The van der Waals surface area contributed by atoms with Crippen molar-refractivity contribution in [2.75, 3.05) is 52.6 Å². The van der Waals surface area contributed by atoms with E-state index in [1.165, 1.54) is 4.90 Å². The molecule has 3 fully saturated rings. The Labute approximate surface area is 166 Å². The van der Waals surface area contributed by atoms with Gasteiger partial charge in [0, 0.05) is 55.8 Å². The van der Waals surface area contributed by atoms with Gasteiger partial charge in [-0.3, -0.25) is 9.69 Å². The van der Waals surface area contributed by atoms with Crippen LogP contribution in [0.25, 0.3) is 0 Å². The number of aliphatic hydroxyl groups is 1. The molecule has 1 amide bonds. The summed E-state index contributed by atoms with van der Waals surface area (Å²) >= 11 is 1.69. The van der Waals surface area contributed by atoms with Gasteiger partial charge in [0.25, 0.3) is 5.91 Å². The lowest BCUT2D eigenvalue weighted by atomic mass is 9.77. The predicted molar refractivity (Wildman–Crippen MR) is 109 cm³/mol. The minimum atomic E-state index is -0.259. The van der Waals surface area contributed by atoms with Crippen molar-refractivity contribution in [2.45, 2.75) is 29.9 Å². The number of hydrogen-bond acceptors (Lipinski definition) is 5. The first-order valence-electron chi connectivity index (χ1n) is 10.1. The van der Waals surface area contributed by atoms with Gasteiger partial charge in [0.1, 0.15) is 0 Å². The number of likely N-dealkylation sites (tertiary alicyclic amines) is 1. The van der Waals surface area contributed by atoms with Gasteiger partial charge in [-0.25, -0.2) is 0 Å². The van der Waals surface area contributed by atoms with E-state index in [0.717, 1.165) is 57.7 Å². The number of amides is 1. The summed E-state index contributed by atoms with van der Waals surface area (Å²) in [5.74, 6) is 1.10. The highest BCUT2D eigenvalue weighted by Gasteiger charge is 2.44. The summed E-state index contributed by atoms with van der Waals surface area (Å²) in [6.07, 6.45) is 3.64. The number of carbonyl (C=O) groups is 1. The molecule has 2 saturated heterocycles. The highest BCUT2D eigenvalue weighted by molar-refractivity contribution is 7.98. The first-order chi connectivity index (χ1) is 13.0. The van der Waals surface area contributed by atoms with Crippen molar-refractivity contribution in [3.05, 3.63) is 29.8 Å². The monoisotopic (exact) mass is 389 g/mol. The summed E-state index contributed by atoms with van der Waals surface area (Å²) in [6.45, 7) is 5.87. The fourth-order valence-electron chi connectivity index (χ4n) is 5.04. The van der Waals surface area contributed by atoms with Gasteiger partial charge < -0.3 is 14.9 Å². The molecule has 0 radical (unpaired) electrons. The molecule has 5 nitrogen and oxygen atoms in total. The van der Waals surface area contributed by atoms with E-state index in [-0.39, 0.29) is 18.1 Å². The zero-order chi connectivity index (χ0) is 19.0. The molecule has 148 valence electrons. The summed E-state index contributed by atoms with van der Waals surface area (Å²) in [7, 11) is 2.16. The fourth-order valence-corrected chi connectivity index (χ4v) is 5.44. The molecule has 4 rings (SSSR count). The van der Waals surface area contributed by atoms with Crippen LogP contribution in [0.5, 0.6) is 0 Å². The second-order valence-corrected chi connectivity index (χ2v) is 9.28. The number of aliphatic hydroxyl groups excluding tert-OH is 1. The third kappa shape index (κ3) is 4.04. The number of carbonyl (C=O) groups excluding carboxylic acids is 1. The number of rotatable bonds is 3. The Balaban J connectivity index is 1.39. The van der Waals surface area contributed by atoms with E-state index in [1.54, 1.807) is 11.8 Å². The van der Waals surface area contributed by atoms with Crippen LogP contribution in [0.1, 0.15) is 23.2 Å². The summed E-state index contributed by atoms with van der Waals surface area (Å²) in [5.41, 5.74) is 0.780. The van der Waals surface area contributed by atoms with E-state index in [2.05, 4.69) is 16.8 Å². The maximum Gasteiger partial charge on any atom is 0.253 e. The van der Waals surface area contributed by atoms with E-state index in [0.29, 0.717) is 11.8 Å². The Morgan fingerprint density at radius 2 is 1.67 bits per heavy atom. The van der Waals surface area contributed by atoms with Crippen LogP contribution in [0.4, 0.5) is 0 Å². The van der Waals surface area contributed by atoms with Crippen molar-refractivity contribution in [3.8, 4) is 0 Å². The van der Waals surface area contributed by atoms with E-state index < -0.39 is 0 Å². The van der Waals surface area contributed by atoms with Crippen molar-refractivity contribution in [3.63, 3.8) is 0 Å². The highest BCUT2D eigenvalue weighted by Crippen LogP contribution is 2.39. The van der Waals surface area contributed by atoms with Crippen LogP contribution >= 0.6 is 11.8 Å². The van der Waals surface area contributed by atoms with Crippen molar-refractivity contribution in [2.24, 2.45) is 11.8 Å². The molecule has 0 unspecified atom stereocenters. The van der Waals surface area contributed by atoms with Crippen LogP contribution in [0, 0.1) is 11.8 Å². The van der Waals surface area contributed by atoms with Gasteiger partial charge in [-0.05, 0) is 62.2 Å². The highest BCUT2D eigenvalue weighted by atomic mass is 32.2. The molecule has 2 aliphatic heterocycles. The molecule has 27 heavy (non-hydrogen) atoms. The molecule has 0 aromatic heterocycles. The van der Waals surface area contributed by atoms with Gasteiger partial charge in [-0.2, -0.15) is 0 Å². The van der Waals surface area contributed by atoms with Crippen LogP contribution in [0.2, 0.25) is 0 Å². The minimum absolute atomic E-state index is 0.141. The largest absolute Gasteiger partial charge is 0.391 e. The normalized spacial score (nSPS) is 32.5. The molecule has 0 spiro atoms. The van der Waals surface area contributed by atoms with Crippen molar-refractivity contribution in [1.29, 1.82) is 0 Å². The zero-order valence-corrected chi connectivity index (χ0v) is 17.2. The van der Waals surface area contributed by atoms with E-state index >= 15 is 0 Å². The SMILES string of the molecule is CSc1ccc(C(=O)N2C[C@H]3C[C@@H](N4CCN(C)CC4)[C@H](O)C[C@H]3C2)cc1. The van der Waals surface area contributed by atoms with Gasteiger partial charge in [-0.15, -0.1) is 11.8 Å². The molecular formula is C21H31N3O2S. The maximum atomic E-state index is 12.9. The van der Waals surface area contributed by atoms with Gasteiger partial charge in [0.05, 0.1) is 6.10 Å². The second-order valence-electron chi connectivity index (χ2n) is 8.40. The van der Waals surface area contributed by atoms with Gasteiger partial charge in [-0.1, -0.05) is 0 Å². The Morgan fingerprint density at radius 1 is 1.04 bits per heavy atom. The number of benzene rings is 1. The first-order valence-corrected chi connectivity index (χ1v) is 11.3. The van der Waals surface area contributed by atoms with Gasteiger partial charge in [0.15, 0.2) is 0 Å². The lowest BCUT2D eigenvalue weighted by molar-refractivity contribution is -0.0249. The molecule has 1 saturated carbocycles. The quantitative estimate of drug-likeness (QED) is 0.800. The van der Waals surface area contributed by atoms with Crippen molar-refractivity contribution >= 4 is 17.7 Å². The smallest absolute Gasteiger partial charge is 0.253 e. The average molecular weight is 390 g/mol. The molecule has 1 N–H and O–H groups in total. The van der Waals surface area contributed by atoms with Gasteiger partial charge in [0.2, 0.25) is 0 Å². The minimum Gasteiger partial charge on any atom is -0.391 e. The van der Waals surface area contributed by atoms with Crippen LogP contribution in [-0.2, 0) is 0 Å². The van der Waals surface area contributed by atoms with Crippen LogP contribution in [0.15, 0.2) is 29.2 Å². The number of piperazine rings is 1. The third-order valence-corrected chi connectivity index (χ3v) is 7.48. The van der Waals surface area contributed by atoms with Crippen LogP contribution in [-0.4, -0.2) is 90.4 Å². The third-order valence-electron chi connectivity index (χ3n) is 6.74. The Bertz CT molecular complexity index is 660. The van der Waals surface area contributed by atoms with Gasteiger partial charge >= 0.3 is 0 Å². The maximum absolute atomic E-state index is 12.9. The first kappa shape index (κ1) is 19.2. The molecule has 1 aromatic carbocycles. The Hall–Kier alpha value is -1.08. The predicted octanol–water partition coefficient (Wildman–Crippen LogP) is 1.87.